The Labute approximate surface area is 379 Å². The quantitative estimate of drug-likeness (QED) is 0.0165. The van der Waals surface area contributed by atoms with Crippen LogP contribution in [0.15, 0.2) is 64.8 Å². The number of methoxy groups -OCH3 is 1. The van der Waals surface area contributed by atoms with E-state index in [1.165, 1.54) is 78.2 Å². The summed E-state index contributed by atoms with van der Waals surface area (Å²) in [5.41, 5.74) is 0.920. The summed E-state index contributed by atoms with van der Waals surface area (Å²) in [7, 11) is 1.54. The van der Waals surface area contributed by atoms with Gasteiger partial charge in [0, 0.05) is 49.5 Å². The van der Waals surface area contributed by atoms with Crippen LogP contribution in [0, 0.1) is 20.2 Å². The van der Waals surface area contributed by atoms with E-state index >= 15 is 0 Å². The molecule has 4 rings (SSSR count). The summed E-state index contributed by atoms with van der Waals surface area (Å²) in [6.45, 7) is 9.46. The number of ether oxygens (including phenoxy) is 4. The molecule has 4 aromatic rings. The van der Waals surface area contributed by atoms with Gasteiger partial charge in [0.2, 0.25) is 16.8 Å². The molecule has 64 heavy (non-hydrogen) atoms. The SMILES string of the molecule is CCCCCCCCCCCCCCCC(=O)Nc1cc(OC(C)N(CC)c2ccc(/N=N/c3sc([N+](=O)[O-])cc3[N+](=O)[O-])c(NC(C)=O)c2)c2ccccc2c1OCOC(C)OC. The molecule has 348 valence electrons. The van der Waals surface area contributed by atoms with Crippen molar-refractivity contribution >= 4 is 72.4 Å². The number of anilines is 3. The minimum Gasteiger partial charge on any atom is -0.470 e. The largest absolute Gasteiger partial charge is 0.470 e. The maximum atomic E-state index is 13.5. The number of amides is 2. The van der Waals surface area contributed by atoms with Gasteiger partial charge in [-0.3, -0.25) is 29.8 Å². The highest BCUT2D eigenvalue weighted by Gasteiger charge is 2.26. The van der Waals surface area contributed by atoms with Crippen molar-refractivity contribution in [1.29, 1.82) is 0 Å². The van der Waals surface area contributed by atoms with Gasteiger partial charge in [-0.1, -0.05) is 108 Å². The van der Waals surface area contributed by atoms with Gasteiger partial charge in [0.05, 0.1) is 21.2 Å². The van der Waals surface area contributed by atoms with Gasteiger partial charge >= 0.3 is 10.7 Å². The molecule has 17 nitrogen and oxygen atoms in total. The molecular weight excluding hydrogens is 843 g/mol. The normalized spacial score (nSPS) is 12.3. The highest BCUT2D eigenvalue weighted by Crippen LogP contribution is 2.44. The van der Waals surface area contributed by atoms with Gasteiger partial charge in [-0.25, -0.2) is 0 Å². The number of carbonyl (C=O) groups is 2. The van der Waals surface area contributed by atoms with Crippen LogP contribution in [0.2, 0.25) is 0 Å². The molecule has 0 aliphatic rings. The highest BCUT2D eigenvalue weighted by atomic mass is 32.1. The third kappa shape index (κ3) is 15.8. The molecule has 0 spiro atoms. The third-order valence-corrected chi connectivity index (χ3v) is 11.5. The van der Waals surface area contributed by atoms with Gasteiger partial charge in [-0.15, -0.1) is 10.2 Å². The van der Waals surface area contributed by atoms with Gasteiger partial charge in [-0.05, 0) is 56.7 Å². The van der Waals surface area contributed by atoms with Crippen LogP contribution in [0.3, 0.4) is 0 Å². The maximum absolute atomic E-state index is 13.5. The number of carbonyl (C=O) groups excluding carboxylic acids is 2. The zero-order valence-electron chi connectivity index (χ0n) is 37.9. The lowest BCUT2D eigenvalue weighted by Crippen LogP contribution is -2.37. The molecule has 2 atom stereocenters. The van der Waals surface area contributed by atoms with E-state index in [0.717, 1.165) is 30.7 Å². The first-order valence-corrected chi connectivity index (χ1v) is 23.0. The maximum Gasteiger partial charge on any atom is 0.333 e. The molecule has 3 aromatic carbocycles. The van der Waals surface area contributed by atoms with Crippen molar-refractivity contribution in [3.8, 4) is 11.5 Å². The van der Waals surface area contributed by atoms with E-state index in [0.29, 0.717) is 52.6 Å². The first-order valence-electron chi connectivity index (χ1n) is 22.2. The fourth-order valence-corrected chi connectivity index (χ4v) is 7.92. The molecule has 0 saturated heterocycles. The predicted octanol–water partition coefficient (Wildman–Crippen LogP) is 13.1. The molecule has 2 N–H and O–H groups in total. The number of nitrogens with one attached hydrogen (secondary N) is 2. The molecule has 1 heterocycles. The minimum absolute atomic E-state index is 0.128. The van der Waals surface area contributed by atoms with E-state index < -0.39 is 39.0 Å². The van der Waals surface area contributed by atoms with Crippen LogP contribution < -0.4 is 25.0 Å². The first-order chi connectivity index (χ1) is 30.9. The van der Waals surface area contributed by atoms with E-state index in [1.54, 1.807) is 31.2 Å². The predicted molar refractivity (Wildman–Crippen MR) is 252 cm³/mol. The Morgan fingerprint density at radius 3 is 2.03 bits per heavy atom. The fraction of sp³-hybridized carbons (Fsp3) is 0.522. The number of nitrogens with zero attached hydrogens (tertiary/aromatic N) is 5. The average Bonchev–Trinajstić information content (AvgIpc) is 3.71. The number of hydrogen-bond donors (Lipinski definition) is 2. The van der Waals surface area contributed by atoms with Crippen LogP contribution in [0.1, 0.15) is 125 Å². The van der Waals surface area contributed by atoms with E-state index in [4.69, 9.17) is 18.9 Å². The van der Waals surface area contributed by atoms with Crippen molar-refractivity contribution in [3.63, 3.8) is 0 Å². The highest BCUT2D eigenvalue weighted by molar-refractivity contribution is 7.19. The lowest BCUT2D eigenvalue weighted by molar-refractivity contribution is -0.389. The number of benzene rings is 3. The van der Waals surface area contributed by atoms with Gasteiger partial charge in [-0.2, -0.15) is 0 Å². The smallest absolute Gasteiger partial charge is 0.333 e. The Morgan fingerprint density at radius 1 is 0.797 bits per heavy atom. The van der Waals surface area contributed by atoms with Crippen molar-refractivity contribution in [3.05, 3.63) is 74.8 Å². The van der Waals surface area contributed by atoms with Crippen molar-refractivity contribution in [1.82, 2.24) is 0 Å². The monoisotopic (exact) mass is 905 g/mol. The van der Waals surface area contributed by atoms with E-state index in [9.17, 15) is 29.8 Å². The summed E-state index contributed by atoms with van der Waals surface area (Å²) in [5.74, 6) is 0.365. The van der Waals surface area contributed by atoms with E-state index in [1.807, 2.05) is 43.0 Å². The lowest BCUT2D eigenvalue weighted by atomic mass is 10.0. The molecule has 0 saturated carbocycles. The summed E-state index contributed by atoms with van der Waals surface area (Å²) < 4.78 is 23.8. The van der Waals surface area contributed by atoms with Crippen LogP contribution in [-0.2, 0) is 19.1 Å². The Balaban J connectivity index is 1.52. The fourth-order valence-electron chi connectivity index (χ4n) is 7.16. The number of unbranched alkanes of at least 4 members (excludes halogenated alkanes) is 12. The summed E-state index contributed by atoms with van der Waals surface area (Å²) >= 11 is 0.517. The number of thiophene rings is 1. The molecular formula is C46H63N7O10S. The molecule has 0 aliphatic carbocycles. The first kappa shape index (κ1) is 50.9. The second kappa shape index (κ2) is 26.8. The Morgan fingerprint density at radius 2 is 1.44 bits per heavy atom. The van der Waals surface area contributed by atoms with Gasteiger partial charge in [0.25, 0.3) is 0 Å². The molecule has 2 amide bonds. The van der Waals surface area contributed by atoms with Crippen molar-refractivity contribution in [2.75, 3.05) is 36.0 Å². The molecule has 0 aliphatic heterocycles. The van der Waals surface area contributed by atoms with Gasteiger partial charge < -0.3 is 34.5 Å². The van der Waals surface area contributed by atoms with Crippen molar-refractivity contribution in [2.45, 2.75) is 137 Å². The Hall–Kier alpha value is -5.72. The number of nitro groups is 2. The van der Waals surface area contributed by atoms with Crippen LogP contribution >= 0.6 is 11.3 Å². The number of hydrogen-bond acceptors (Lipinski definition) is 14. The summed E-state index contributed by atoms with van der Waals surface area (Å²) in [6.07, 6.45) is 15.0. The van der Waals surface area contributed by atoms with E-state index in [-0.39, 0.29) is 29.1 Å². The standard InChI is InChI=1S/C46H63N7O10S/c1-7-9-10-11-12-13-14-15-16-17-18-19-20-25-43(55)48-40-29-42(36-23-21-22-24-37(36)45(40)62-31-61-34(5)60-6)63-33(4)51(8-2)35-26-27-38(39(28-35)47-32(3)54)49-50-46-41(52(56)57)30-44(64-46)53(58)59/h21-24,26-30,33-34H,7-20,25,31H2,1-6H3,(H,47,54)(H,48,55)/b50-49+. The zero-order valence-corrected chi connectivity index (χ0v) is 38.7. The van der Waals surface area contributed by atoms with Crippen LogP contribution in [0.4, 0.5) is 38.4 Å². The summed E-state index contributed by atoms with van der Waals surface area (Å²) in [5, 5.41) is 37.4. The molecule has 0 bridgehead atoms. The van der Waals surface area contributed by atoms with Crippen LogP contribution in [0.5, 0.6) is 11.5 Å². The molecule has 0 fully saturated rings. The minimum atomic E-state index is -0.768. The molecule has 1 aromatic heterocycles. The Bertz CT molecular complexity index is 2180. The average molecular weight is 906 g/mol. The van der Waals surface area contributed by atoms with E-state index in [2.05, 4.69) is 27.8 Å². The number of fused-ring (bicyclic) bond motifs is 1. The molecule has 18 heteroatoms. The Kier molecular flexibility index (Phi) is 21.3. The second-order valence-corrected chi connectivity index (χ2v) is 16.5. The second-order valence-electron chi connectivity index (χ2n) is 15.4. The zero-order chi connectivity index (χ0) is 46.4. The van der Waals surface area contributed by atoms with Gasteiger partial charge in [0.15, 0.2) is 25.1 Å². The van der Waals surface area contributed by atoms with Crippen LogP contribution in [0.25, 0.3) is 10.8 Å². The number of azo groups is 1. The summed E-state index contributed by atoms with van der Waals surface area (Å²) in [6, 6.07) is 15.1. The number of rotatable bonds is 30. The molecule has 2 unspecified atom stereocenters. The summed E-state index contributed by atoms with van der Waals surface area (Å²) in [4.78, 5) is 49.0. The van der Waals surface area contributed by atoms with Crippen molar-refractivity contribution < 1.29 is 38.4 Å². The topological polar surface area (TPSA) is 209 Å². The third-order valence-electron chi connectivity index (χ3n) is 10.6. The lowest BCUT2D eigenvalue weighted by Gasteiger charge is -2.31. The van der Waals surface area contributed by atoms with Crippen molar-refractivity contribution in [2.24, 2.45) is 10.2 Å². The van der Waals surface area contributed by atoms with Crippen LogP contribution in [-0.4, -0.2) is 54.6 Å². The molecule has 0 radical (unpaired) electrons. The van der Waals surface area contributed by atoms with Gasteiger partial charge in [0.1, 0.15) is 17.5 Å².